The monoisotopic (exact) mass is 252 g/mol. The van der Waals surface area contributed by atoms with E-state index in [1.807, 2.05) is 0 Å². The van der Waals surface area contributed by atoms with Gasteiger partial charge < -0.3 is 10.2 Å². The molecule has 2 aliphatic heterocycles. The first-order valence-corrected chi connectivity index (χ1v) is 8.22. The summed E-state index contributed by atoms with van der Waals surface area (Å²) in [6, 6.07) is 0.823. The zero-order valence-corrected chi connectivity index (χ0v) is 12.5. The maximum atomic E-state index is 3.56. The quantitative estimate of drug-likeness (QED) is 0.826. The van der Waals surface area contributed by atoms with Gasteiger partial charge in [0.1, 0.15) is 0 Å². The number of piperidine rings is 1. The first kappa shape index (κ1) is 14.3. The van der Waals surface area contributed by atoms with Gasteiger partial charge in [0.25, 0.3) is 0 Å². The number of hydrogen-bond donors (Lipinski definition) is 1. The van der Waals surface area contributed by atoms with Gasteiger partial charge in [-0.15, -0.1) is 0 Å². The first-order chi connectivity index (χ1) is 8.77. The van der Waals surface area contributed by atoms with Crippen LogP contribution in [0.2, 0.25) is 0 Å². The highest BCUT2D eigenvalue weighted by atomic mass is 15.1. The third-order valence-corrected chi connectivity index (χ3v) is 5.20. The van der Waals surface area contributed by atoms with Crippen LogP contribution in [0, 0.1) is 11.8 Å². The second-order valence-corrected chi connectivity index (χ2v) is 6.61. The van der Waals surface area contributed by atoms with Crippen LogP contribution in [0.3, 0.4) is 0 Å². The molecular formula is C16H32N2. The third kappa shape index (κ3) is 4.24. The van der Waals surface area contributed by atoms with Crippen LogP contribution in [-0.2, 0) is 0 Å². The van der Waals surface area contributed by atoms with E-state index in [0.717, 1.165) is 17.9 Å². The van der Waals surface area contributed by atoms with Gasteiger partial charge in [-0.3, -0.25) is 0 Å². The van der Waals surface area contributed by atoms with Crippen molar-refractivity contribution in [1.82, 2.24) is 10.2 Å². The minimum atomic E-state index is 0.823. The van der Waals surface area contributed by atoms with Gasteiger partial charge >= 0.3 is 0 Å². The van der Waals surface area contributed by atoms with Crippen LogP contribution in [0.15, 0.2) is 0 Å². The standard InChI is InChI=1S/C16H32N2/c1-14(16-8-6-10-17-13-16)9-12-18-11-5-3-4-7-15(18)2/h14-17H,3-13H2,1-2H3. The van der Waals surface area contributed by atoms with Gasteiger partial charge in [-0.05, 0) is 77.0 Å². The van der Waals surface area contributed by atoms with Crippen molar-refractivity contribution in [3.8, 4) is 0 Å². The van der Waals surface area contributed by atoms with Crippen LogP contribution in [0.1, 0.15) is 58.8 Å². The van der Waals surface area contributed by atoms with Crippen molar-refractivity contribution >= 4 is 0 Å². The number of rotatable bonds is 4. The van der Waals surface area contributed by atoms with Crippen molar-refractivity contribution in [2.75, 3.05) is 26.2 Å². The van der Waals surface area contributed by atoms with Crippen molar-refractivity contribution in [1.29, 1.82) is 0 Å². The van der Waals surface area contributed by atoms with E-state index >= 15 is 0 Å². The molecule has 2 saturated heterocycles. The molecule has 0 bridgehead atoms. The average Bonchev–Trinajstić information content (AvgIpc) is 2.62. The molecule has 2 heteroatoms. The zero-order valence-electron chi connectivity index (χ0n) is 12.5. The predicted octanol–water partition coefficient (Wildman–Crippen LogP) is 3.28. The van der Waals surface area contributed by atoms with E-state index in [2.05, 4.69) is 24.1 Å². The highest BCUT2D eigenvalue weighted by Gasteiger charge is 2.22. The molecule has 3 unspecified atom stereocenters. The predicted molar refractivity (Wildman–Crippen MR) is 78.9 cm³/mol. The molecule has 0 spiro atoms. The Kier molecular flexibility index (Phi) is 5.97. The number of nitrogens with one attached hydrogen (secondary N) is 1. The second-order valence-electron chi connectivity index (χ2n) is 6.61. The Balaban J connectivity index is 1.71. The van der Waals surface area contributed by atoms with Crippen molar-refractivity contribution in [2.45, 2.75) is 64.8 Å². The normalized spacial score (nSPS) is 33.0. The lowest BCUT2D eigenvalue weighted by atomic mass is 9.85. The summed E-state index contributed by atoms with van der Waals surface area (Å²) in [7, 11) is 0. The fraction of sp³-hybridized carbons (Fsp3) is 1.00. The summed E-state index contributed by atoms with van der Waals surface area (Å²) in [4.78, 5) is 2.75. The minimum absolute atomic E-state index is 0.823. The largest absolute Gasteiger partial charge is 0.316 e. The molecule has 0 aromatic heterocycles. The fourth-order valence-corrected chi connectivity index (χ4v) is 3.64. The van der Waals surface area contributed by atoms with Crippen molar-refractivity contribution in [3.63, 3.8) is 0 Å². The van der Waals surface area contributed by atoms with Crippen LogP contribution in [0.4, 0.5) is 0 Å². The number of likely N-dealkylation sites (tertiary alicyclic amines) is 1. The van der Waals surface area contributed by atoms with Gasteiger partial charge in [0.05, 0.1) is 0 Å². The van der Waals surface area contributed by atoms with Gasteiger partial charge in [0.2, 0.25) is 0 Å². The van der Waals surface area contributed by atoms with E-state index in [9.17, 15) is 0 Å². The van der Waals surface area contributed by atoms with Gasteiger partial charge in [-0.1, -0.05) is 19.8 Å². The van der Waals surface area contributed by atoms with E-state index in [1.165, 1.54) is 71.1 Å². The Hall–Kier alpha value is -0.0800. The van der Waals surface area contributed by atoms with Crippen LogP contribution >= 0.6 is 0 Å². The summed E-state index contributed by atoms with van der Waals surface area (Å²) in [5, 5.41) is 3.56. The molecule has 18 heavy (non-hydrogen) atoms. The molecular weight excluding hydrogens is 220 g/mol. The Morgan fingerprint density at radius 2 is 2.06 bits per heavy atom. The molecule has 0 aromatic rings. The van der Waals surface area contributed by atoms with E-state index < -0.39 is 0 Å². The lowest BCUT2D eigenvalue weighted by Gasteiger charge is -2.32. The van der Waals surface area contributed by atoms with Gasteiger partial charge in [-0.25, -0.2) is 0 Å². The molecule has 2 rings (SSSR count). The molecule has 0 amide bonds. The van der Waals surface area contributed by atoms with Crippen molar-refractivity contribution < 1.29 is 0 Å². The number of hydrogen-bond acceptors (Lipinski definition) is 2. The van der Waals surface area contributed by atoms with Crippen LogP contribution in [-0.4, -0.2) is 37.1 Å². The van der Waals surface area contributed by atoms with Crippen LogP contribution in [0.5, 0.6) is 0 Å². The molecule has 3 atom stereocenters. The van der Waals surface area contributed by atoms with E-state index in [4.69, 9.17) is 0 Å². The van der Waals surface area contributed by atoms with Crippen LogP contribution < -0.4 is 5.32 Å². The van der Waals surface area contributed by atoms with E-state index in [-0.39, 0.29) is 0 Å². The zero-order chi connectivity index (χ0) is 12.8. The summed E-state index contributed by atoms with van der Waals surface area (Å²) in [5.41, 5.74) is 0. The lowest BCUT2D eigenvalue weighted by molar-refractivity contribution is 0.178. The molecule has 2 heterocycles. The average molecular weight is 252 g/mol. The topological polar surface area (TPSA) is 15.3 Å². The highest BCUT2D eigenvalue weighted by Crippen LogP contribution is 2.24. The van der Waals surface area contributed by atoms with Crippen molar-refractivity contribution in [3.05, 3.63) is 0 Å². The van der Waals surface area contributed by atoms with Gasteiger partial charge in [0, 0.05) is 6.04 Å². The lowest BCUT2D eigenvalue weighted by Crippen LogP contribution is -2.37. The molecule has 2 fully saturated rings. The summed E-state index contributed by atoms with van der Waals surface area (Å²) in [6.07, 6.45) is 9.96. The first-order valence-electron chi connectivity index (χ1n) is 8.22. The van der Waals surface area contributed by atoms with Gasteiger partial charge in [-0.2, -0.15) is 0 Å². The molecule has 2 aliphatic rings. The molecule has 1 N–H and O–H groups in total. The molecule has 106 valence electrons. The molecule has 0 radical (unpaired) electrons. The number of nitrogens with zero attached hydrogens (tertiary/aromatic N) is 1. The molecule has 0 aromatic carbocycles. The Bertz CT molecular complexity index is 223. The summed E-state index contributed by atoms with van der Waals surface area (Å²) >= 11 is 0. The van der Waals surface area contributed by atoms with E-state index in [1.54, 1.807) is 0 Å². The Morgan fingerprint density at radius 1 is 1.17 bits per heavy atom. The van der Waals surface area contributed by atoms with E-state index in [0.29, 0.717) is 0 Å². The highest BCUT2D eigenvalue weighted by molar-refractivity contribution is 4.77. The second kappa shape index (κ2) is 7.49. The van der Waals surface area contributed by atoms with Gasteiger partial charge in [0.15, 0.2) is 0 Å². The Morgan fingerprint density at radius 3 is 2.83 bits per heavy atom. The summed E-state index contributed by atoms with van der Waals surface area (Å²) in [6.45, 7) is 10.1. The summed E-state index contributed by atoms with van der Waals surface area (Å²) < 4.78 is 0. The smallest absolute Gasteiger partial charge is 0.00669 e. The molecule has 2 nitrogen and oxygen atoms in total. The summed E-state index contributed by atoms with van der Waals surface area (Å²) in [5.74, 6) is 1.83. The maximum absolute atomic E-state index is 3.56. The third-order valence-electron chi connectivity index (χ3n) is 5.20. The van der Waals surface area contributed by atoms with Crippen molar-refractivity contribution in [2.24, 2.45) is 11.8 Å². The minimum Gasteiger partial charge on any atom is -0.316 e. The molecule has 0 aliphatic carbocycles. The maximum Gasteiger partial charge on any atom is 0.00669 e. The molecule has 0 saturated carbocycles. The Labute approximate surface area is 114 Å². The van der Waals surface area contributed by atoms with Crippen LogP contribution in [0.25, 0.3) is 0 Å². The SMILES string of the molecule is CC(CCN1CCCCCC1C)C1CCCNC1. The fourth-order valence-electron chi connectivity index (χ4n) is 3.64.